The second kappa shape index (κ2) is 9.30. The molecule has 0 amide bonds. The molecule has 0 bridgehead atoms. The van der Waals surface area contributed by atoms with E-state index in [0.29, 0.717) is 17.9 Å². The Hall–Kier alpha value is -2.55. The molecule has 0 aromatic heterocycles. The number of carbonyl (C=O) groups excluding carboxylic acids is 1. The Balaban J connectivity index is 2.59. The van der Waals surface area contributed by atoms with Gasteiger partial charge >= 0.3 is 5.97 Å². The lowest BCUT2D eigenvalue weighted by Gasteiger charge is -2.22. The molecule has 0 atom stereocenters. The van der Waals surface area contributed by atoms with Crippen LogP contribution in [0.1, 0.15) is 73.9 Å². The Morgan fingerprint density at radius 1 is 1.10 bits per heavy atom. The summed E-state index contributed by atoms with van der Waals surface area (Å²) >= 11 is 0. The van der Waals surface area contributed by atoms with Crippen LogP contribution in [0.5, 0.6) is 11.5 Å². The van der Waals surface area contributed by atoms with Crippen molar-refractivity contribution >= 4 is 5.97 Å². The molecule has 156 valence electrons. The van der Waals surface area contributed by atoms with E-state index >= 15 is 0 Å². The van der Waals surface area contributed by atoms with Gasteiger partial charge in [-0.15, -0.1) is 0 Å². The van der Waals surface area contributed by atoms with E-state index in [1.54, 1.807) is 0 Å². The molecular formula is C26H34O3. The van der Waals surface area contributed by atoms with Crippen LogP contribution in [-0.2, 0) is 23.1 Å². The highest BCUT2D eigenvalue weighted by Gasteiger charge is 2.20. The average Bonchev–Trinajstić information content (AvgIpc) is 2.64. The maximum absolute atomic E-state index is 12.0. The van der Waals surface area contributed by atoms with Crippen molar-refractivity contribution < 1.29 is 14.6 Å². The van der Waals surface area contributed by atoms with Crippen LogP contribution in [0.2, 0.25) is 0 Å². The Labute approximate surface area is 175 Å². The highest BCUT2D eigenvalue weighted by atomic mass is 16.5. The number of benzene rings is 2. The Morgan fingerprint density at radius 2 is 1.76 bits per heavy atom. The molecule has 0 aliphatic carbocycles. The third kappa shape index (κ3) is 5.72. The zero-order valence-electron chi connectivity index (χ0n) is 18.7. The topological polar surface area (TPSA) is 46.5 Å². The summed E-state index contributed by atoms with van der Waals surface area (Å²) in [6.45, 7) is 16.1. The minimum atomic E-state index is -0.461. The summed E-state index contributed by atoms with van der Waals surface area (Å²) in [6, 6.07) is 8.23. The van der Waals surface area contributed by atoms with Gasteiger partial charge in [0.15, 0.2) is 0 Å². The van der Waals surface area contributed by atoms with Gasteiger partial charge < -0.3 is 9.84 Å². The van der Waals surface area contributed by atoms with Gasteiger partial charge in [-0.05, 0) is 59.9 Å². The van der Waals surface area contributed by atoms with Gasteiger partial charge in [0.1, 0.15) is 11.5 Å². The molecule has 0 radical (unpaired) electrons. The normalized spacial score (nSPS) is 11.4. The van der Waals surface area contributed by atoms with Crippen LogP contribution in [0.4, 0.5) is 0 Å². The van der Waals surface area contributed by atoms with Crippen LogP contribution < -0.4 is 4.74 Å². The number of phenolic OH excluding ortho intramolecular Hbond substituents is 1. The van der Waals surface area contributed by atoms with Crippen LogP contribution in [0, 0.1) is 13.8 Å². The molecule has 3 heteroatoms. The van der Waals surface area contributed by atoms with Crippen molar-refractivity contribution in [3.05, 3.63) is 70.3 Å². The zero-order chi connectivity index (χ0) is 21.8. The number of carbonyl (C=O) groups is 1. The van der Waals surface area contributed by atoms with Crippen LogP contribution in [-0.4, -0.2) is 11.1 Å². The number of hydrogen-bond acceptors (Lipinski definition) is 3. The molecule has 2 aromatic rings. The van der Waals surface area contributed by atoms with E-state index in [1.165, 1.54) is 11.6 Å². The molecule has 1 N–H and O–H groups in total. The minimum Gasteiger partial charge on any atom is -0.507 e. The highest BCUT2D eigenvalue weighted by Crippen LogP contribution is 2.35. The molecular weight excluding hydrogens is 360 g/mol. The molecule has 2 aromatic carbocycles. The van der Waals surface area contributed by atoms with Crippen molar-refractivity contribution in [2.45, 2.75) is 72.6 Å². The number of aromatic hydroxyl groups is 1. The Kier molecular flexibility index (Phi) is 7.29. The second-order valence-corrected chi connectivity index (χ2v) is 8.87. The SMILES string of the molecule is C=CC(=O)Oc1c(CCCC)cc(C)cc1Cc1cc(C(C)(C)C)cc(C)c1O. The van der Waals surface area contributed by atoms with Gasteiger partial charge in [0.05, 0.1) is 0 Å². The van der Waals surface area contributed by atoms with Crippen molar-refractivity contribution in [2.24, 2.45) is 0 Å². The summed E-state index contributed by atoms with van der Waals surface area (Å²) in [7, 11) is 0. The van der Waals surface area contributed by atoms with Crippen LogP contribution in [0.15, 0.2) is 36.9 Å². The summed E-state index contributed by atoms with van der Waals surface area (Å²) in [6.07, 6.45) is 4.61. The average molecular weight is 395 g/mol. The van der Waals surface area contributed by atoms with E-state index in [2.05, 4.69) is 53.3 Å². The molecule has 0 aliphatic rings. The van der Waals surface area contributed by atoms with Crippen molar-refractivity contribution in [3.8, 4) is 11.5 Å². The molecule has 0 fully saturated rings. The third-order valence-corrected chi connectivity index (χ3v) is 5.18. The van der Waals surface area contributed by atoms with Crippen molar-refractivity contribution in [1.82, 2.24) is 0 Å². The Morgan fingerprint density at radius 3 is 2.34 bits per heavy atom. The fourth-order valence-corrected chi connectivity index (χ4v) is 3.51. The first kappa shape index (κ1) is 22.7. The van der Waals surface area contributed by atoms with E-state index in [0.717, 1.165) is 47.1 Å². The fraction of sp³-hybridized carbons (Fsp3) is 0.423. The largest absolute Gasteiger partial charge is 0.507 e. The van der Waals surface area contributed by atoms with E-state index in [4.69, 9.17) is 4.74 Å². The Bertz CT molecular complexity index is 901. The second-order valence-electron chi connectivity index (χ2n) is 8.87. The van der Waals surface area contributed by atoms with Gasteiger partial charge in [-0.2, -0.15) is 0 Å². The molecule has 3 nitrogen and oxygen atoms in total. The van der Waals surface area contributed by atoms with Crippen molar-refractivity contribution in [1.29, 1.82) is 0 Å². The third-order valence-electron chi connectivity index (χ3n) is 5.18. The summed E-state index contributed by atoms with van der Waals surface area (Å²) in [4.78, 5) is 12.0. The van der Waals surface area contributed by atoms with E-state index in [9.17, 15) is 9.90 Å². The maximum Gasteiger partial charge on any atom is 0.335 e. The lowest BCUT2D eigenvalue weighted by atomic mass is 9.84. The monoisotopic (exact) mass is 394 g/mol. The van der Waals surface area contributed by atoms with Crippen LogP contribution >= 0.6 is 0 Å². The number of hydrogen-bond donors (Lipinski definition) is 1. The van der Waals surface area contributed by atoms with Crippen molar-refractivity contribution in [2.75, 3.05) is 0 Å². The highest BCUT2D eigenvalue weighted by molar-refractivity contribution is 5.84. The van der Waals surface area contributed by atoms with E-state index in [-0.39, 0.29) is 5.41 Å². The molecule has 0 unspecified atom stereocenters. The zero-order valence-corrected chi connectivity index (χ0v) is 18.7. The first-order valence-corrected chi connectivity index (χ1v) is 10.4. The minimum absolute atomic E-state index is 0.0236. The van der Waals surface area contributed by atoms with Crippen LogP contribution in [0.3, 0.4) is 0 Å². The molecule has 29 heavy (non-hydrogen) atoms. The number of ether oxygens (including phenoxy) is 1. The summed E-state index contributed by atoms with van der Waals surface area (Å²) in [5, 5.41) is 10.7. The predicted octanol–water partition coefficient (Wildman–Crippen LogP) is 6.33. The molecule has 0 heterocycles. The molecule has 0 spiro atoms. The van der Waals surface area contributed by atoms with Gasteiger partial charge in [-0.3, -0.25) is 0 Å². The molecule has 0 saturated carbocycles. The first-order chi connectivity index (χ1) is 13.6. The lowest BCUT2D eigenvalue weighted by molar-refractivity contribution is -0.129. The fourth-order valence-electron chi connectivity index (χ4n) is 3.51. The van der Waals surface area contributed by atoms with E-state index < -0.39 is 5.97 Å². The predicted molar refractivity (Wildman–Crippen MR) is 120 cm³/mol. The standard InChI is InChI=1S/C26H34O3/c1-8-10-11-19-12-17(3)13-21(25(19)29-23(27)9-2)15-20-16-22(26(5,6)7)14-18(4)24(20)28/h9,12-14,16,28H,2,8,10-11,15H2,1,3-7H3. The van der Waals surface area contributed by atoms with Gasteiger partial charge in [-0.25, -0.2) is 4.79 Å². The smallest absolute Gasteiger partial charge is 0.335 e. The quantitative estimate of drug-likeness (QED) is 0.339. The number of unbranched alkanes of at least 4 members (excludes halogenated alkanes) is 1. The number of phenols is 1. The maximum atomic E-state index is 12.0. The molecule has 2 rings (SSSR count). The molecule has 0 aliphatic heterocycles. The van der Waals surface area contributed by atoms with E-state index in [1.807, 2.05) is 19.1 Å². The van der Waals surface area contributed by atoms with Gasteiger partial charge in [0, 0.05) is 12.5 Å². The van der Waals surface area contributed by atoms with Gasteiger partial charge in [0.2, 0.25) is 0 Å². The lowest BCUT2D eigenvalue weighted by Crippen LogP contribution is -2.12. The van der Waals surface area contributed by atoms with Gasteiger partial charge in [0.25, 0.3) is 0 Å². The van der Waals surface area contributed by atoms with Gasteiger partial charge in [-0.1, -0.05) is 70.5 Å². The van der Waals surface area contributed by atoms with Crippen LogP contribution in [0.25, 0.3) is 0 Å². The molecule has 0 saturated heterocycles. The summed E-state index contributed by atoms with van der Waals surface area (Å²) in [5.41, 5.74) is 5.91. The summed E-state index contributed by atoms with van der Waals surface area (Å²) in [5.74, 6) is 0.444. The first-order valence-electron chi connectivity index (χ1n) is 10.4. The van der Waals surface area contributed by atoms with Crippen molar-refractivity contribution in [3.63, 3.8) is 0 Å². The summed E-state index contributed by atoms with van der Waals surface area (Å²) < 4.78 is 5.68. The number of rotatable bonds is 7. The number of aryl methyl sites for hydroxylation is 3. The number of esters is 1.